The lowest BCUT2D eigenvalue weighted by atomic mass is 9.95. The van der Waals surface area contributed by atoms with Gasteiger partial charge in [-0.1, -0.05) is 31.0 Å². The van der Waals surface area contributed by atoms with Gasteiger partial charge < -0.3 is 10.4 Å². The zero-order chi connectivity index (χ0) is 15.9. The number of benzene rings is 1. The molecular weight excluding hydrogens is 282 g/mol. The Labute approximate surface area is 132 Å². The van der Waals surface area contributed by atoms with Crippen LogP contribution in [0.5, 0.6) is 0 Å². The lowest BCUT2D eigenvalue weighted by molar-refractivity contribution is -0.144. The molecule has 0 saturated heterocycles. The number of carboxylic acids is 1. The second-order valence-corrected chi connectivity index (χ2v) is 6.88. The first-order valence-electron chi connectivity index (χ1n) is 7.57. The maximum Gasteiger partial charge on any atom is 0.323 e. The first-order chi connectivity index (χ1) is 9.89. The first-order valence-corrected chi connectivity index (χ1v) is 8.56. The standard InChI is InChI=1S/C17H27NO2S/c1-5-18-17(4,16(19)20)10-6-7-11-21-15-9-8-13(2)12-14(15)3/h8-9,12,18H,5-7,10-11H2,1-4H3,(H,19,20). The lowest BCUT2D eigenvalue weighted by Gasteiger charge is -2.25. The monoisotopic (exact) mass is 309 g/mol. The van der Waals surface area contributed by atoms with Gasteiger partial charge in [-0.05, 0) is 57.5 Å². The van der Waals surface area contributed by atoms with Gasteiger partial charge in [0, 0.05) is 4.90 Å². The van der Waals surface area contributed by atoms with Gasteiger partial charge in [-0.15, -0.1) is 11.8 Å². The van der Waals surface area contributed by atoms with Crippen molar-refractivity contribution in [2.45, 2.75) is 57.4 Å². The molecule has 1 unspecified atom stereocenters. The van der Waals surface area contributed by atoms with Crippen LogP contribution in [0.2, 0.25) is 0 Å². The van der Waals surface area contributed by atoms with Crippen LogP contribution in [0.15, 0.2) is 23.1 Å². The van der Waals surface area contributed by atoms with E-state index in [2.05, 4.69) is 37.4 Å². The summed E-state index contributed by atoms with van der Waals surface area (Å²) in [6.07, 6.45) is 2.63. The molecule has 0 aliphatic heterocycles. The van der Waals surface area contributed by atoms with Gasteiger partial charge in [0.05, 0.1) is 0 Å². The fraction of sp³-hybridized carbons (Fsp3) is 0.588. The molecule has 0 amide bonds. The van der Waals surface area contributed by atoms with Gasteiger partial charge in [0.2, 0.25) is 0 Å². The summed E-state index contributed by atoms with van der Waals surface area (Å²) >= 11 is 1.86. The summed E-state index contributed by atoms with van der Waals surface area (Å²) in [6, 6.07) is 6.52. The summed E-state index contributed by atoms with van der Waals surface area (Å²) in [5.74, 6) is 0.275. The third-order valence-electron chi connectivity index (χ3n) is 3.70. The number of likely N-dealkylation sites (N-methyl/N-ethyl adjacent to an activating group) is 1. The molecule has 0 radical (unpaired) electrons. The van der Waals surface area contributed by atoms with E-state index >= 15 is 0 Å². The van der Waals surface area contributed by atoms with Crippen molar-refractivity contribution < 1.29 is 9.90 Å². The average Bonchev–Trinajstić information content (AvgIpc) is 2.40. The van der Waals surface area contributed by atoms with Crippen molar-refractivity contribution >= 4 is 17.7 Å². The molecule has 21 heavy (non-hydrogen) atoms. The number of rotatable bonds is 9. The molecule has 0 spiro atoms. The lowest BCUT2D eigenvalue weighted by Crippen LogP contribution is -2.49. The topological polar surface area (TPSA) is 49.3 Å². The Balaban J connectivity index is 2.35. The normalized spacial score (nSPS) is 13.9. The smallest absolute Gasteiger partial charge is 0.323 e. The highest BCUT2D eigenvalue weighted by Crippen LogP contribution is 2.25. The van der Waals surface area contributed by atoms with Crippen molar-refractivity contribution in [3.05, 3.63) is 29.3 Å². The van der Waals surface area contributed by atoms with Crippen LogP contribution in [0.25, 0.3) is 0 Å². The fourth-order valence-electron chi connectivity index (χ4n) is 2.39. The van der Waals surface area contributed by atoms with Crippen molar-refractivity contribution in [2.24, 2.45) is 0 Å². The van der Waals surface area contributed by atoms with Gasteiger partial charge in [-0.2, -0.15) is 0 Å². The molecule has 0 bridgehead atoms. The fourth-order valence-corrected chi connectivity index (χ4v) is 3.40. The second-order valence-electron chi connectivity index (χ2n) is 5.74. The van der Waals surface area contributed by atoms with E-state index in [1.54, 1.807) is 6.92 Å². The van der Waals surface area contributed by atoms with E-state index < -0.39 is 11.5 Å². The van der Waals surface area contributed by atoms with E-state index in [1.807, 2.05) is 18.7 Å². The van der Waals surface area contributed by atoms with Crippen molar-refractivity contribution in [1.82, 2.24) is 5.32 Å². The van der Waals surface area contributed by atoms with E-state index in [4.69, 9.17) is 0 Å². The first kappa shape index (κ1) is 18.1. The van der Waals surface area contributed by atoms with Crippen molar-refractivity contribution in [3.8, 4) is 0 Å². The third kappa shape index (κ3) is 5.71. The molecule has 0 saturated carbocycles. The minimum absolute atomic E-state index is 0.670. The highest BCUT2D eigenvalue weighted by atomic mass is 32.2. The SMILES string of the molecule is CCNC(C)(CCCCSc1ccc(C)cc1C)C(=O)O. The maximum atomic E-state index is 11.3. The molecule has 0 heterocycles. The predicted octanol–water partition coefficient (Wildman–Crippen LogP) is 4.02. The van der Waals surface area contributed by atoms with Crippen LogP contribution in [0.1, 0.15) is 44.2 Å². The van der Waals surface area contributed by atoms with E-state index in [-0.39, 0.29) is 0 Å². The van der Waals surface area contributed by atoms with E-state index in [0.717, 1.165) is 18.6 Å². The van der Waals surface area contributed by atoms with Gasteiger partial charge in [0.25, 0.3) is 0 Å². The summed E-state index contributed by atoms with van der Waals surface area (Å²) in [6.45, 7) is 8.64. The minimum atomic E-state index is -0.792. The molecule has 0 aliphatic rings. The van der Waals surface area contributed by atoms with Crippen LogP contribution in [0, 0.1) is 13.8 Å². The molecule has 0 aromatic heterocycles. The van der Waals surface area contributed by atoms with Crippen molar-refractivity contribution in [2.75, 3.05) is 12.3 Å². The summed E-state index contributed by atoms with van der Waals surface area (Å²) in [5, 5.41) is 12.4. The van der Waals surface area contributed by atoms with Crippen LogP contribution in [-0.2, 0) is 4.79 Å². The number of aliphatic carboxylic acids is 1. The zero-order valence-corrected chi connectivity index (χ0v) is 14.3. The summed E-state index contributed by atoms with van der Waals surface area (Å²) in [4.78, 5) is 12.6. The average molecular weight is 309 g/mol. The summed E-state index contributed by atoms with van der Waals surface area (Å²) in [7, 11) is 0. The Morgan fingerprint density at radius 1 is 1.33 bits per heavy atom. The van der Waals surface area contributed by atoms with E-state index in [9.17, 15) is 9.90 Å². The largest absolute Gasteiger partial charge is 0.480 e. The molecular formula is C17H27NO2S. The van der Waals surface area contributed by atoms with Gasteiger partial charge in [0.15, 0.2) is 0 Å². The van der Waals surface area contributed by atoms with Crippen LogP contribution >= 0.6 is 11.8 Å². The number of hydrogen-bond acceptors (Lipinski definition) is 3. The molecule has 1 atom stereocenters. The van der Waals surface area contributed by atoms with Crippen LogP contribution in [-0.4, -0.2) is 28.9 Å². The van der Waals surface area contributed by atoms with E-state index in [1.165, 1.54) is 16.0 Å². The molecule has 2 N–H and O–H groups in total. The number of unbranched alkanes of at least 4 members (excludes halogenated alkanes) is 1. The number of nitrogens with one attached hydrogen (secondary N) is 1. The quantitative estimate of drug-likeness (QED) is 0.534. The molecule has 4 heteroatoms. The van der Waals surface area contributed by atoms with Gasteiger partial charge in [0.1, 0.15) is 5.54 Å². The number of aryl methyl sites for hydroxylation is 2. The number of carboxylic acid groups (broad SMARTS) is 1. The van der Waals surface area contributed by atoms with Crippen LogP contribution in [0.4, 0.5) is 0 Å². The zero-order valence-electron chi connectivity index (χ0n) is 13.5. The maximum absolute atomic E-state index is 11.3. The van der Waals surface area contributed by atoms with Gasteiger partial charge >= 0.3 is 5.97 Å². The van der Waals surface area contributed by atoms with E-state index in [0.29, 0.717) is 13.0 Å². The Hall–Kier alpha value is -1.00. The van der Waals surface area contributed by atoms with Crippen LogP contribution < -0.4 is 5.32 Å². The molecule has 1 aromatic rings. The second kappa shape index (κ2) is 8.44. The highest BCUT2D eigenvalue weighted by Gasteiger charge is 2.30. The Kier molecular flexibility index (Phi) is 7.26. The van der Waals surface area contributed by atoms with Crippen molar-refractivity contribution in [1.29, 1.82) is 0 Å². The highest BCUT2D eigenvalue weighted by molar-refractivity contribution is 7.99. The Bertz CT molecular complexity index is 476. The molecule has 0 fully saturated rings. The third-order valence-corrected chi connectivity index (χ3v) is 4.96. The molecule has 1 aromatic carbocycles. The molecule has 118 valence electrons. The van der Waals surface area contributed by atoms with Gasteiger partial charge in [-0.25, -0.2) is 0 Å². The van der Waals surface area contributed by atoms with Gasteiger partial charge in [-0.3, -0.25) is 4.79 Å². The summed E-state index contributed by atoms with van der Waals surface area (Å²) < 4.78 is 0. The number of thioether (sulfide) groups is 1. The number of carbonyl (C=O) groups is 1. The Morgan fingerprint density at radius 2 is 2.05 bits per heavy atom. The van der Waals surface area contributed by atoms with Crippen LogP contribution in [0.3, 0.4) is 0 Å². The number of hydrogen-bond donors (Lipinski definition) is 2. The molecule has 1 rings (SSSR count). The van der Waals surface area contributed by atoms with Crippen molar-refractivity contribution in [3.63, 3.8) is 0 Å². The molecule has 0 aliphatic carbocycles. The Morgan fingerprint density at radius 3 is 2.62 bits per heavy atom. The minimum Gasteiger partial charge on any atom is -0.480 e. The predicted molar refractivity (Wildman–Crippen MR) is 90.2 cm³/mol. The summed E-state index contributed by atoms with van der Waals surface area (Å²) in [5.41, 5.74) is 1.82. The molecule has 3 nitrogen and oxygen atoms in total.